The highest BCUT2D eigenvalue weighted by atomic mass is 35.5. The summed E-state index contributed by atoms with van der Waals surface area (Å²) in [5.41, 5.74) is 0.474. The molecule has 0 aliphatic rings. The molecule has 14 heavy (non-hydrogen) atoms. The normalized spacial score (nSPS) is 11.1. The quantitative estimate of drug-likeness (QED) is 0.586. The van der Waals surface area contributed by atoms with Crippen molar-refractivity contribution in [3.63, 3.8) is 0 Å². The molecule has 0 saturated heterocycles. The Kier molecular flexibility index (Phi) is 3.34. The van der Waals surface area contributed by atoms with Crippen LogP contribution in [0.25, 0.3) is 0 Å². The van der Waals surface area contributed by atoms with Gasteiger partial charge in [-0.3, -0.25) is 4.79 Å². The summed E-state index contributed by atoms with van der Waals surface area (Å²) in [7, 11) is -1.61. The van der Waals surface area contributed by atoms with Crippen LogP contribution in [0.3, 0.4) is 0 Å². The molecule has 76 valence electrons. The monoisotopic (exact) mass is 228 g/mol. The Morgan fingerprint density at radius 3 is 2.50 bits per heavy atom. The van der Waals surface area contributed by atoms with Crippen LogP contribution < -0.4 is 4.43 Å². The predicted octanol–water partition coefficient (Wildman–Crippen LogP) is 3.37. The van der Waals surface area contributed by atoms with E-state index >= 15 is 0 Å². The molecule has 0 spiro atoms. The van der Waals surface area contributed by atoms with Gasteiger partial charge in [-0.25, -0.2) is 0 Å². The van der Waals surface area contributed by atoms with Crippen LogP contribution in [0.15, 0.2) is 18.2 Å². The number of benzene rings is 1. The molecule has 0 saturated carbocycles. The molecule has 0 heterocycles. The standard InChI is InChI=1S/C10H13ClO2Si/c1-14(2,3)13-9-4-5-10(11)8(6-9)7-12/h4-7H,1-3H3. The van der Waals surface area contributed by atoms with E-state index in [1.807, 2.05) is 0 Å². The van der Waals surface area contributed by atoms with Gasteiger partial charge in [-0.15, -0.1) is 0 Å². The van der Waals surface area contributed by atoms with Gasteiger partial charge in [0.05, 0.1) is 5.02 Å². The van der Waals surface area contributed by atoms with E-state index in [4.69, 9.17) is 16.0 Å². The maximum Gasteiger partial charge on any atom is 0.242 e. The number of carbonyl (C=O) groups excluding carboxylic acids is 1. The molecule has 0 radical (unpaired) electrons. The average Bonchev–Trinajstić information content (AvgIpc) is 2.06. The van der Waals surface area contributed by atoms with E-state index in [1.54, 1.807) is 18.2 Å². The van der Waals surface area contributed by atoms with Crippen LogP contribution in [0, 0.1) is 0 Å². The summed E-state index contributed by atoms with van der Waals surface area (Å²) in [6.07, 6.45) is 0.736. The van der Waals surface area contributed by atoms with Crippen LogP contribution >= 0.6 is 11.6 Å². The number of halogens is 1. The molecule has 0 atom stereocenters. The van der Waals surface area contributed by atoms with Crippen LogP contribution in [-0.2, 0) is 0 Å². The Morgan fingerprint density at radius 1 is 1.36 bits per heavy atom. The fraction of sp³-hybridized carbons (Fsp3) is 0.300. The van der Waals surface area contributed by atoms with Gasteiger partial charge in [0.25, 0.3) is 0 Å². The Bertz CT molecular complexity index is 344. The third kappa shape index (κ3) is 3.16. The van der Waals surface area contributed by atoms with Crippen molar-refractivity contribution in [2.45, 2.75) is 19.6 Å². The minimum Gasteiger partial charge on any atom is -0.544 e. The van der Waals surface area contributed by atoms with Gasteiger partial charge >= 0.3 is 0 Å². The Labute approximate surface area is 90.0 Å². The zero-order chi connectivity index (χ0) is 10.8. The van der Waals surface area contributed by atoms with Crippen molar-refractivity contribution in [2.75, 3.05) is 0 Å². The third-order valence-corrected chi connectivity index (χ3v) is 2.71. The first-order valence-electron chi connectivity index (χ1n) is 4.36. The molecule has 0 amide bonds. The topological polar surface area (TPSA) is 26.3 Å². The summed E-state index contributed by atoms with van der Waals surface area (Å²) in [4.78, 5) is 10.6. The maximum atomic E-state index is 10.6. The highest BCUT2D eigenvalue weighted by Crippen LogP contribution is 2.22. The molecule has 0 aliphatic heterocycles. The summed E-state index contributed by atoms with van der Waals surface area (Å²) in [5.74, 6) is 0.718. The molecule has 0 aliphatic carbocycles. The number of hydrogen-bond donors (Lipinski definition) is 0. The SMILES string of the molecule is C[Si](C)(C)Oc1ccc(Cl)c(C=O)c1. The average molecular weight is 229 g/mol. The predicted molar refractivity (Wildman–Crippen MR) is 60.8 cm³/mol. The second kappa shape index (κ2) is 4.15. The summed E-state index contributed by atoms with van der Waals surface area (Å²) in [6.45, 7) is 6.26. The molecule has 2 nitrogen and oxygen atoms in total. The Hall–Kier alpha value is -0.803. The summed E-state index contributed by atoms with van der Waals surface area (Å²) < 4.78 is 5.72. The Balaban J connectivity index is 2.95. The second-order valence-corrected chi connectivity index (χ2v) is 8.85. The molecule has 1 aromatic rings. The molecule has 1 aromatic carbocycles. The van der Waals surface area contributed by atoms with E-state index in [2.05, 4.69) is 19.6 Å². The van der Waals surface area contributed by atoms with Crippen molar-refractivity contribution in [2.24, 2.45) is 0 Å². The summed E-state index contributed by atoms with van der Waals surface area (Å²) in [6, 6.07) is 5.14. The lowest BCUT2D eigenvalue weighted by Crippen LogP contribution is -2.29. The smallest absolute Gasteiger partial charge is 0.242 e. The zero-order valence-corrected chi connectivity index (χ0v) is 10.3. The lowest BCUT2D eigenvalue weighted by molar-refractivity contribution is 0.112. The van der Waals surface area contributed by atoms with E-state index < -0.39 is 8.32 Å². The van der Waals surface area contributed by atoms with Crippen LogP contribution in [0.2, 0.25) is 24.7 Å². The summed E-state index contributed by atoms with van der Waals surface area (Å²) in [5, 5.41) is 0.461. The van der Waals surface area contributed by atoms with Gasteiger partial charge in [-0.05, 0) is 37.8 Å². The second-order valence-electron chi connectivity index (χ2n) is 4.02. The number of hydrogen-bond acceptors (Lipinski definition) is 2. The maximum absolute atomic E-state index is 10.6. The first kappa shape index (κ1) is 11.3. The minimum absolute atomic E-state index is 0.461. The van der Waals surface area contributed by atoms with Gasteiger partial charge in [0.1, 0.15) is 5.75 Å². The molecule has 1 rings (SSSR count). The van der Waals surface area contributed by atoms with Crippen LogP contribution in [0.5, 0.6) is 5.75 Å². The molecular formula is C10H13ClO2Si. The van der Waals surface area contributed by atoms with Crippen molar-refractivity contribution in [1.82, 2.24) is 0 Å². The molecule has 4 heteroatoms. The van der Waals surface area contributed by atoms with E-state index in [-0.39, 0.29) is 0 Å². The highest BCUT2D eigenvalue weighted by molar-refractivity contribution is 6.70. The van der Waals surface area contributed by atoms with Crippen LogP contribution in [0.1, 0.15) is 10.4 Å². The van der Waals surface area contributed by atoms with Crippen molar-refractivity contribution >= 4 is 26.2 Å². The number of rotatable bonds is 3. The number of carbonyl (C=O) groups is 1. The lowest BCUT2D eigenvalue weighted by atomic mass is 10.2. The molecule has 0 bridgehead atoms. The largest absolute Gasteiger partial charge is 0.544 e. The van der Waals surface area contributed by atoms with Crippen molar-refractivity contribution in [3.05, 3.63) is 28.8 Å². The first-order valence-corrected chi connectivity index (χ1v) is 8.15. The molecule has 0 fully saturated rings. The molecule has 0 N–H and O–H groups in total. The summed E-state index contributed by atoms with van der Waals surface area (Å²) >= 11 is 5.79. The first-order chi connectivity index (χ1) is 6.42. The van der Waals surface area contributed by atoms with E-state index in [1.165, 1.54) is 0 Å². The fourth-order valence-electron chi connectivity index (χ4n) is 1.03. The van der Waals surface area contributed by atoms with Gasteiger partial charge in [-0.2, -0.15) is 0 Å². The van der Waals surface area contributed by atoms with E-state index in [0.717, 1.165) is 12.0 Å². The molecule has 0 unspecified atom stereocenters. The zero-order valence-electron chi connectivity index (χ0n) is 8.50. The molecule has 0 aromatic heterocycles. The van der Waals surface area contributed by atoms with E-state index in [0.29, 0.717) is 10.6 Å². The van der Waals surface area contributed by atoms with Crippen LogP contribution in [0.4, 0.5) is 0 Å². The van der Waals surface area contributed by atoms with Crippen LogP contribution in [-0.4, -0.2) is 14.6 Å². The van der Waals surface area contributed by atoms with E-state index in [9.17, 15) is 4.79 Å². The molecular weight excluding hydrogens is 216 g/mol. The van der Waals surface area contributed by atoms with Gasteiger partial charge in [0, 0.05) is 5.56 Å². The van der Waals surface area contributed by atoms with Crippen molar-refractivity contribution in [3.8, 4) is 5.75 Å². The van der Waals surface area contributed by atoms with Crippen molar-refractivity contribution < 1.29 is 9.22 Å². The van der Waals surface area contributed by atoms with Crippen molar-refractivity contribution in [1.29, 1.82) is 0 Å². The van der Waals surface area contributed by atoms with Gasteiger partial charge < -0.3 is 4.43 Å². The van der Waals surface area contributed by atoms with Gasteiger partial charge in [0.15, 0.2) is 6.29 Å². The Morgan fingerprint density at radius 2 is 2.00 bits per heavy atom. The minimum atomic E-state index is -1.61. The van der Waals surface area contributed by atoms with Gasteiger partial charge in [0.2, 0.25) is 8.32 Å². The highest BCUT2D eigenvalue weighted by Gasteiger charge is 2.16. The lowest BCUT2D eigenvalue weighted by Gasteiger charge is -2.19. The fourth-order valence-corrected chi connectivity index (χ4v) is 2.03. The third-order valence-electron chi connectivity index (χ3n) is 1.52. The number of aldehydes is 1. The van der Waals surface area contributed by atoms with Gasteiger partial charge in [-0.1, -0.05) is 11.6 Å².